The fraction of sp³-hybridized carbons (Fsp3) is 0.417. The van der Waals surface area contributed by atoms with E-state index in [-0.39, 0.29) is 24.6 Å². The van der Waals surface area contributed by atoms with Crippen molar-refractivity contribution in [3.8, 4) is 5.75 Å². The number of nitrogens with zero attached hydrogens (tertiary/aromatic N) is 2. The van der Waals surface area contributed by atoms with Gasteiger partial charge in [-0.1, -0.05) is 0 Å². The number of amidine groups is 1. The summed E-state index contributed by atoms with van der Waals surface area (Å²) in [5.41, 5.74) is 5.50. The van der Waals surface area contributed by atoms with Crippen molar-refractivity contribution in [1.82, 2.24) is 4.98 Å². The minimum atomic E-state index is -0.240. The highest BCUT2D eigenvalue weighted by Crippen LogP contribution is 2.29. The summed E-state index contributed by atoms with van der Waals surface area (Å²) in [4.78, 5) is 17.2. The molecule has 0 aliphatic carbocycles. The average molecular weight is 277 g/mol. The molecule has 8 heteroatoms. The Kier molecular flexibility index (Phi) is 3.15. The summed E-state index contributed by atoms with van der Waals surface area (Å²) in [6, 6.07) is 3.50. The number of rotatable bonds is 3. The molecule has 1 saturated heterocycles. The molecule has 0 bridgehead atoms. The van der Waals surface area contributed by atoms with Crippen molar-refractivity contribution in [2.24, 2.45) is 5.73 Å². The lowest BCUT2D eigenvalue weighted by Gasteiger charge is -2.20. The van der Waals surface area contributed by atoms with E-state index in [0.29, 0.717) is 36.9 Å². The van der Waals surface area contributed by atoms with E-state index in [0.717, 1.165) is 0 Å². The Hall–Kier alpha value is -2.35. The molecular formula is C12H15N5O3. The lowest BCUT2D eigenvalue weighted by atomic mass is 10.2. The maximum atomic E-state index is 11.3. The molecule has 1 unspecified atom stereocenters. The first-order chi connectivity index (χ1) is 9.67. The monoisotopic (exact) mass is 277 g/mol. The molecule has 0 aromatic carbocycles. The van der Waals surface area contributed by atoms with Crippen LogP contribution in [0.5, 0.6) is 5.75 Å². The van der Waals surface area contributed by atoms with E-state index in [1.54, 1.807) is 17.0 Å². The molecule has 3 rings (SSSR count). The zero-order chi connectivity index (χ0) is 14.1. The second-order valence-electron chi connectivity index (χ2n) is 4.59. The fourth-order valence-corrected chi connectivity index (χ4v) is 2.18. The second kappa shape index (κ2) is 4.97. The summed E-state index contributed by atoms with van der Waals surface area (Å²) in [6.45, 7) is 1.03. The summed E-state index contributed by atoms with van der Waals surface area (Å²) in [5.74, 6) is 1.20. The van der Waals surface area contributed by atoms with Gasteiger partial charge < -0.3 is 20.5 Å². The maximum absolute atomic E-state index is 11.3. The van der Waals surface area contributed by atoms with Gasteiger partial charge in [0.25, 0.3) is 11.9 Å². The zero-order valence-corrected chi connectivity index (χ0v) is 10.8. The van der Waals surface area contributed by atoms with Gasteiger partial charge in [0.15, 0.2) is 18.2 Å². The SMILES string of the molecule is N=C1OC(CCN)CN1c1ccc2c(n1)NC(=O)CO2. The van der Waals surface area contributed by atoms with Crippen LogP contribution in [-0.4, -0.2) is 42.7 Å². The third-order valence-corrected chi connectivity index (χ3v) is 3.13. The third-order valence-electron chi connectivity index (χ3n) is 3.13. The van der Waals surface area contributed by atoms with E-state index >= 15 is 0 Å². The van der Waals surface area contributed by atoms with Gasteiger partial charge in [-0.2, -0.15) is 0 Å². The Labute approximate surface area is 115 Å². The Balaban J connectivity index is 1.82. The fourth-order valence-electron chi connectivity index (χ4n) is 2.18. The minimum Gasteiger partial charge on any atom is -0.480 e. The van der Waals surface area contributed by atoms with Crippen LogP contribution in [0.15, 0.2) is 12.1 Å². The van der Waals surface area contributed by atoms with Crippen LogP contribution in [0.1, 0.15) is 6.42 Å². The van der Waals surface area contributed by atoms with E-state index in [2.05, 4.69) is 10.3 Å². The summed E-state index contributed by atoms with van der Waals surface area (Å²) >= 11 is 0. The molecule has 1 aromatic rings. The number of carbonyl (C=O) groups excluding carboxylic acids is 1. The molecule has 2 aliphatic rings. The molecule has 2 aliphatic heterocycles. The van der Waals surface area contributed by atoms with Gasteiger partial charge in [0, 0.05) is 0 Å². The largest absolute Gasteiger partial charge is 0.480 e. The minimum absolute atomic E-state index is 0.00472. The summed E-state index contributed by atoms with van der Waals surface area (Å²) in [7, 11) is 0. The normalized spacial score (nSPS) is 21.1. The average Bonchev–Trinajstić information content (AvgIpc) is 2.79. The molecule has 0 spiro atoms. The second-order valence-corrected chi connectivity index (χ2v) is 4.59. The number of nitrogens with one attached hydrogen (secondary N) is 2. The van der Waals surface area contributed by atoms with Crippen molar-refractivity contribution in [3.05, 3.63) is 12.1 Å². The standard InChI is InChI=1S/C12H15N5O3/c13-4-3-7-5-17(12(14)20-7)9-2-1-8-11(15-9)16-10(18)6-19-8/h1-2,7,14H,3-6,13H2,(H,15,16,18). The third kappa shape index (κ3) is 2.25. The van der Waals surface area contributed by atoms with Crippen molar-refractivity contribution in [3.63, 3.8) is 0 Å². The van der Waals surface area contributed by atoms with Crippen molar-refractivity contribution < 1.29 is 14.3 Å². The molecule has 106 valence electrons. The molecule has 4 N–H and O–H groups in total. The molecule has 0 saturated carbocycles. The number of aromatic nitrogens is 1. The van der Waals surface area contributed by atoms with Crippen LogP contribution >= 0.6 is 0 Å². The number of hydrogen-bond acceptors (Lipinski definition) is 6. The van der Waals surface area contributed by atoms with Gasteiger partial charge in [-0.05, 0) is 25.1 Å². The van der Waals surface area contributed by atoms with Crippen LogP contribution in [-0.2, 0) is 9.53 Å². The van der Waals surface area contributed by atoms with E-state index in [4.69, 9.17) is 20.6 Å². The van der Waals surface area contributed by atoms with Crippen LogP contribution in [0.2, 0.25) is 0 Å². The van der Waals surface area contributed by atoms with Crippen molar-refractivity contribution in [2.75, 3.05) is 29.9 Å². The lowest BCUT2D eigenvalue weighted by Crippen LogP contribution is -2.29. The van der Waals surface area contributed by atoms with E-state index in [1.165, 1.54) is 0 Å². The lowest BCUT2D eigenvalue weighted by molar-refractivity contribution is -0.118. The predicted molar refractivity (Wildman–Crippen MR) is 72.0 cm³/mol. The topological polar surface area (TPSA) is 114 Å². The molecule has 8 nitrogen and oxygen atoms in total. The van der Waals surface area contributed by atoms with Gasteiger partial charge in [0.05, 0.1) is 6.54 Å². The number of hydrogen-bond donors (Lipinski definition) is 3. The van der Waals surface area contributed by atoms with Gasteiger partial charge in [-0.3, -0.25) is 15.1 Å². The quantitative estimate of drug-likeness (QED) is 0.711. The first kappa shape index (κ1) is 12.7. The summed E-state index contributed by atoms with van der Waals surface area (Å²) in [6.07, 6.45) is 0.583. The van der Waals surface area contributed by atoms with E-state index in [1.807, 2.05) is 0 Å². The Morgan fingerprint density at radius 3 is 3.20 bits per heavy atom. The van der Waals surface area contributed by atoms with Gasteiger partial charge in [-0.15, -0.1) is 0 Å². The number of carbonyl (C=O) groups is 1. The highest BCUT2D eigenvalue weighted by molar-refractivity contribution is 5.95. The molecular weight excluding hydrogens is 262 g/mol. The molecule has 0 radical (unpaired) electrons. The Morgan fingerprint density at radius 2 is 2.40 bits per heavy atom. The highest BCUT2D eigenvalue weighted by Gasteiger charge is 2.30. The Bertz CT molecular complexity index is 562. The van der Waals surface area contributed by atoms with E-state index in [9.17, 15) is 4.79 Å². The van der Waals surface area contributed by atoms with Gasteiger partial charge >= 0.3 is 0 Å². The molecule has 1 amide bonds. The van der Waals surface area contributed by atoms with Crippen molar-refractivity contribution in [2.45, 2.75) is 12.5 Å². The van der Waals surface area contributed by atoms with Crippen LogP contribution < -0.4 is 20.7 Å². The highest BCUT2D eigenvalue weighted by atomic mass is 16.5. The van der Waals surface area contributed by atoms with Crippen LogP contribution in [0.3, 0.4) is 0 Å². The van der Waals surface area contributed by atoms with Crippen molar-refractivity contribution >= 4 is 23.6 Å². The molecule has 1 fully saturated rings. The van der Waals surface area contributed by atoms with Gasteiger partial charge in [0.2, 0.25) is 0 Å². The molecule has 20 heavy (non-hydrogen) atoms. The first-order valence-corrected chi connectivity index (χ1v) is 6.34. The predicted octanol–water partition coefficient (Wildman–Crippen LogP) is -0.0987. The number of amides is 1. The maximum Gasteiger partial charge on any atom is 0.290 e. The van der Waals surface area contributed by atoms with Crippen LogP contribution in [0, 0.1) is 5.41 Å². The van der Waals surface area contributed by atoms with E-state index < -0.39 is 0 Å². The Morgan fingerprint density at radius 1 is 1.55 bits per heavy atom. The zero-order valence-electron chi connectivity index (χ0n) is 10.8. The number of pyridine rings is 1. The summed E-state index contributed by atoms with van der Waals surface area (Å²) in [5, 5.41) is 10.5. The smallest absolute Gasteiger partial charge is 0.290 e. The number of ether oxygens (including phenoxy) is 2. The number of fused-ring (bicyclic) bond motifs is 1. The van der Waals surface area contributed by atoms with Gasteiger partial charge in [-0.25, -0.2) is 4.98 Å². The van der Waals surface area contributed by atoms with Crippen LogP contribution in [0.25, 0.3) is 0 Å². The molecule has 1 atom stereocenters. The number of anilines is 2. The number of nitrogens with two attached hydrogens (primary N) is 1. The summed E-state index contributed by atoms with van der Waals surface area (Å²) < 4.78 is 10.6. The molecule has 3 heterocycles. The van der Waals surface area contributed by atoms with Crippen molar-refractivity contribution in [1.29, 1.82) is 5.41 Å². The van der Waals surface area contributed by atoms with Gasteiger partial charge in [0.1, 0.15) is 11.9 Å². The first-order valence-electron chi connectivity index (χ1n) is 6.34. The molecule has 1 aromatic heterocycles. The van der Waals surface area contributed by atoms with Crippen LogP contribution in [0.4, 0.5) is 11.6 Å².